The van der Waals surface area contributed by atoms with Crippen molar-refractivity contribution in [2.75, 3.05) is 39.0 Å². The third kappa shape index (κ3) is 6.79. The van der Waals surface area contributed by atoms with E-state index in [0.717, 1.165) is 0 Å². The van der Waals surface area contributed by atoms with Crippen LogP contribution in [0.25, 0.3) is 0 Å². The summed E-state index contributed by atoms with van der Waals surface area (Å²) in [6.45, 7) is 1.20. The molecule has 1 saturated heterocycles. The standard InChI is InChI=1S/C18H28N4O5/c1-22(2)9-8-19-15(23)10-13-16(24)17(25)14(27-13)11-20-18(26)21-12-6-4-3-5-7-12/h3-7,13-14,16-17,24-25H,8-11H2,1-2H3,(H,19,23)(H2,20,21,26)/t13-,14+,16-,17+/m0/s1. The molecule has 0 bridgehead atoms. The molecule has 27 heavy (non-hydrogen) atoms. The Morgan fingerprint density at radius 2 is 1.74 bits per heavy atom. The monoisotopic (exact) mass is 380 g/mol. The number of hydrogen-bond acceptors (Lipinski definition) is 6. The number of nitrogens with zero attached hydrogens (tertiary/aromatic N) is 1. The molecule has 1 aromatic carbocycles. The molecule has 0 unspecified atom stereocenters. The van der Waals surface area contributed by atoms with Gasteiger partial charge in [-0.2, -0.15) is 0 Å². The van der Waals surface area contributed by atoms with Gasteiger partial charge in [-0.25, -0.2) is 4.79 Å². The van der Waals surface area contributed by atoms with E-state index in [1.807, 2.05) is 25.1 Å². The summed E-state index contributed by atoms with van der Waals surface area (Å²) in [5.41, 5.74) is 0.634. The molecule has 5 N–H and O–H groups in total. The van der Waals surface area contributed by atoms with Gasteiger partial charge in [-0.15, -0.1) is 0 Å². The van der Waals surface area contributed by atoms with Gasteiger partial charge in [0, 0.05) is 25.3 Å². The smallest absolute Gasteiger partial charge is 0.319 e. The van der Waals surface area contributed by atoms with Crippen molar-refractivity contribution in [1.29, 1.82) is 0 Å². The van der Waals surface area contributed by atoms with Crippen LogP contribution < -0.4 is 16.0 Å². The fourth-order valence-electron chi connectivity index (χ4n) is 2.73. The number of carbonyl (C=O) groups is 2. The number of amides is 3. The molecule has 9 heteroatoms. The molecule has 0 saturated carbocycles. The Hall–Kier alpha value is -2.20. The first-order valence-electron chi connectivity index (χ1n) is 8.89. The van der Waals surface area contributed by atoms with Crippen molar-refractivity contribution in [3.63, 3.8) is 0 Å². The van der Waals surface area contributed by atoms with E-state index in [9.17, 15) is 19.8 Å². The minimum atomic E-state index is -1.19. The molecule has 4 atom stereocenters. The highest BCUT2D eigenvalue weighted by Crippen LogP contribution is 2.23. The van der Waals surface area contributed by atoms with E-state index in [1.54, 1.807) is 24.3 Å². The molecular weight excluding hydrogens is 352 g/mol. The maximum absolute atomic E-state index is 11.9. The predicted molar refractivity (Wildman–Crippen MR) is 100 cm³/mol. The van der Waals surface area contributed by atoms with Gasteiger partial charge in [0.05, 0.1) is 12.5 Å². The molecule has 2 rings (SSSR count). The van der Waals surface area contributed by atoms with Crippen molar-refractivity contribution in [1.82, 2.24) is 15.5 Å². The number of anilines is 1. The minimum absolute atomic E-state index is 0.00957. The number of aliphatic hydroxyl groups is 2. The highest BCUT2D eigenvalue weighted by atomic mass is 16.5. The lowest BCUT2D eigenvalue weighted by molar-refractivity contribution is -0.125. The van der Waals surface area contributed by atoms with Gasteiger partial charge in [0.15, 0.2) is 0 Å². The molecular formula is C18H28N4O5. The number of nitrogens with one attached hydrogen (secondary N) is 3. The fraction of sp³-hybridized carbons (Fsp3) is 0.556. The second-order valence-electron chi connectivity index (χ2n) is 6.75. The first-order chi connectivity index (χ1) is 12.9. The highest BCUT2D eigenvalue weighted by Gasteiger charge is 2.43. The number of rotatable bonds is 8. The van der Waals surface area contributed by atoms with E-state index in [2.05, 4.69) is 16.0 Å². The Kier molecular flexibility index (Phi) is 7.99. The summed E-state index contributed by atoms with van der Waals surface area (Å²) in [6, 6.07) is 8.47. The molecule has 0 aliphatic carbocycles. The number of hydrogen-bond donors (Lipinski definition) is 5. The average Bonchev–Trinajstić information content (AvgIpc) is 2.88. The van der Waals surface area contributed by atoms with Crippen LogP contribution in [0, 0.1) is 0 Å². The Morgan fingerprint density at radius 3 is 2.41 bits per heavy atom. The van der Waals surface area contributed by atoms with Gasteiger partial charge in [-0.05, 0) is 26.2 Å². The van der Waals surface area contributed by atoms with Gasteiger partial charge < -0.3 is 35.8 Å². The summed E-state index contributed by atoms with van der Waals surface area (Å²) < 4.78 is 5.57. The second kappa shape index (κ2) is 10.2. The van der Waals surface area contributed by atoms with Crippen molar-refractivity contribution >= 4 is 17.6 Å². The van der Waals surface area contributed by atoms with E-state index in [-0.39, 0.29) is 18.9 Å². The van der Waals surface area contributed by atoms with Crippen LogP contribution in [0.15, 0.2) is 30.3 Å². The SMILES string of the molecule is CN(C)CCNC(=O)C[C@@H]1O[C@H](CNC(=O)Nc2ccccc2)[C@@H](O)[C@H]1O. The van der Waals surface area contributed by atoms with Crippen LogP contribution in [0.2, 0.25) is 0 Å². The lowest BCUT2D eigenvalue weighted by Crippen LogP contribution is -2.41. The molecule has 1 aliphatic heterocycles. The molecule has 9 nitrogen and oxygen atoms in total. The summed E-state index contributed by atoms with van der Waals surface area (Å²) in [4.78, 5) is 25.8. The van der Waals surface area contributed by atoms with Crippen LogP contribution in [0.4, 0.5) is 10.5 Å². The first-order valence-corrected chi connectivity index (χ1v) is 8.89. The number of carbonyl (C=O) groups excluding carboxylic acids is 2. The van der Waals surface area contributed by atoms with Crippen molar-refractivity contribution in [3.8, 4) is 0 Å². The number of para-hydroxylation sites is 1. The molecule has 1 aromatic rings. The van der Waals surface area contributed by atoms with Crippen LogP contribution in [0.5, 0.6) is 0 Å². The number of benzene rings is 1. The molecule has 1 aliphatic rings. The average molecular weight is 380 g/mol. The summed E-state index contributed by atoms with van der Waals surface area (Å²) in [5, 5.41) is 28.2. The van der Waals surface area contributed by atoms with Crippen molar-refractivity contribution in [3.05, 3.63) is 30.3 Å². The molecule has 150 valence electrons. The quantitative estimate of drug-likeness (QED) is 0.409. The summed E-state index contributed by atoms with van der Waals surface area (Å²) in [5.74, 6) is -0.261. The van der Waals surface area contributed by atoms with Crippen LogP contribution in [-0.4, -0.2) is 85.2 Å². The lowest BCUT2D eigenvalue weighted by atomic mass is 10.1. The van der Waals surface area contributed by atoms with Crippen LogP contribution in [0.1, 0.15) is 6.42 Å². The number of urea groups is 1. The molecule has 1 fully saturated rings. The largest absolute Gasteiger partial charge is 0.388 e. The van der Waals surface area contributed by atoms with Crippen molar-refractivity contribution in [2.24, 2.45) is 0 Å². The number of aliphatic hydroxyl groups excluding tert-OH is 2. The third-order valence-corrected chi connectivity index (χ3v) is 4.22. The van der Waals surface area contributed by atoms with Crippen molar-refractivity contribution in [2.45, 2.75) is 30.8 Å². The first kappa shape index (κ1) is 21.1. The van der Waals surface area contributed by atoms with Gasteiger partial charge in [-0.3, -0.25) is 4.79 Å². The minimum Gasteiger partial charge on any atom is -0.388 e. The maximum Gasteiger partial charge on any atom is 0.319 e. The predicted octanol–water partition coefficient (Wildman–Crippen LogP) is -0.635. The van der Waals surface area contributed by atoms with E-state index >= 15 is 0 Å². The molecule has 3 amide bonds. The Labute approximate surface area is 158 Å². The van der Waals surface area contributed by atoms with E-state index < -0.39 is 30.4 Å². The molecule has 0 aromatic heterocycles. The van der Waals surface area contributed by atoms with Gasteiger partial charge in [0.2, 0.25) is 5.91 Å². The lowest BCUT2D eigenvalue weighted by Gasteiger charge is -2.16. The summed E-state index contributed by atoms with van der Waals surface area (Å²) in [7, 11) is 3.80. The second-order valence-corrected chi connectivity index (χ2v) is 6.75. The molecule has 1 heterocycles. The summed E-state index contributed by atoms with van der Waals surface area (Å²) in [6.07, 6.45) is -4.03. The number of likely N-dealkylation sites (N-methyl/N-ethyl adjacent to an activating group) is 1. The van der Waals surface area contributed by atoms with Crippen LogP contribution in [-0.2, 0) is 9.53 Å². The summed E-state index contributed by atoms with van der Waals surface area (Å²) >= 11 is 0. The topological polar surface area (TPSA) is 123 Å². The van der Waals surface area contributed by atoms with Gasteiger partial charge in [0.25, 0.3) is 0 Å². The van der Waals surface area contributed by atoms with Gasteiger partial charge >= 0.3 is 6.03 Å². The maximum atomic E-state index is 11.9. The van der Waals surface area contributed by atoms with E-state index in [1.165, 1.54) is 0 Å². The highest BCUT2D eigenvalue weighted by molar-refractivity contribution is 5.89. The molecule has 0 radical (unpaired) electrons. The third-order valence-electron chi connectivity index (χ3n) is 4.22. The van der Waals surface area contributed by atoms with Crippen molar-refractivity contribution < 1.29 is 24.5 Å². The Bertz CT molecular complexity index is 613. The van der Waals surface area contributed by atoms with Gasteiger partial charge in [-0.1, -0.05) is 18.2 Å². The fourth-order valence-corrected chi connectivity index (χ4v) is 2.73. The Balaban J connectivity index is 1.75. The van der Waals surface area contributed by atoms with E-state index in [0.29, 0.717) is 18.8 Å². The zero-order chi connectivity index (χ0) is 19.8. The van der Waals surface area contributed by atoms with Crippen LogP contribution in [0.3, 0.4) is 0 Å². The zero-order valence-corrected chi connectivity index (χ0v) is 15.6. The number of ether oxygens (including phenoxy) is 1. The Morgan fingerprint density at radius 1 is 1.07 bits per heavy atom. The zero-order valence-electron chi connectivity index (χ0n) is 15.6. The van der Waals surface area contributed by atoms with Crippen LogP contribution >= 0.6 is 0 Å². The van der Waals surface area contributed by atoms with E-state index in [4.69, 9.17) is 4.74 Å². The normalized spacial score (nSPS) is 24.6. The molecule has 0 spiro atoms. The van der Waals surface area contributed by atoms with Gasteiger partial charge in [0.1, 0.15) is 18.3 Å².